The highest BCUT2D eigenvalue weighted by Gasteiger charge is 2.53. The van der Waals surface area contributed by atoms with Crippen LogP contribution in [0.25, 0.3) is 0 Å². The second-order valence-electron chi connectivity index (χ2n) is 6.17. The molecule has 0 spiro atoms. The van der Waals surface area contributed by atoms with E-state index in [-0.39, 0.29) is 11.5 Å². The van der Waals surface area contributed by atoms with Crippen molar-refractivity contribution in [2.24, 2.45) is 10.7 Å². The lowest BCUT2D eigenvalue weighted by atomic mass is 9.96. The fourth-order valence-electron chi connectivity index (χ4n) is 2.84. The highest BCUT2D eigenvalue weighted by molar-refractivity contribution is 5.79. The Bertz CT molecular complexity index is 538. The summed E-state index contributed by atoms with van der Waals surface area (Å²) in [6.45, 7) is 2.24. The van der Waals surface area contributed by atoms with Crippen molar-refractivity contribution >= 4 is 5.96 Å². The van der Waals surface area contributed by atoms with Gasteiger partial charge < -0.3 is 15.4 Å². The van der Waals surface area contributed by atoms with Gasteiger partial charge in [0.2, 0.25) is 0 Å². The summed E-state index contributed by atoms with van der Waals surface area (Å²) in [5.74, 6) is 1.62. The van der Waals surface area contributed by atoms with E-state index in [1.807, 2.05) is 19.2 Å². The van der Waals surface area contributed by atoms with Crippen molar-refractivity contribution in [2.75, 3.05) is 14.2 Å². The van der Waals surface area contributed by atoms with Crippen LogP contribution in [0.15, 0.2) is 29.3 Å². The molecule has 2 aliphatic carbocycles. The number of nitrogens with zero attached hydrogens (tertiary/aromatic N) is 2. The number of benzene rings is 1. The summed E-state index contributed by atoms with van der Waals surface area (Å²) in [5, 5.41) is 0. The van der Waals surface area contributed by atoms with Gasteiger partial charge in [-0.05, 0) is 25.3 Å². The highest BCUT2D eigenvalue weighted by atomic mass is 16.5. The Kier molecular flexibility index (Phi) is 3.11. The third kappa shape index (κ3) is 2.23. The van der Waals surface area contributed by atoms with Crippen molar-refractivity contribution in [3.05, 3.63) is 29.8 Å². The first kappa shape index (κ1) is 13.3. The molecule has 108 valence electrons. The number of ether oxygens (including phenoxy) is 1. The van der Waals surface area contributed by atoms with E-state index < -0.39 is 0 Å². The standard InChI is InChI=1S/C16H23N3O/c1-16(12-6-4-5-7-13(12)20-3)10-14(16)18-15(17)19(2)11-8-9-11/h4-7,11,14H,8-10H2,1-3H3,(H2,17,18). The number of nitrogens with two attached hydrogens (primary N) is 1. The second kappa shape index (κ2) is 4.69. The molecule has 1 aromatic carbocycles. The minimum Gasteiger partial charge on any atom is -0.496 e. The molecule has 2 fully saturated rings. The van der Waals surface area contributed by atoms with Crippen molar-refractivity contribution < 1.29 is 4.74 Å². The zero-order valence-electron chi connectivity index (χ0n) is 12.5. The minimum atomic E-state index is 0.0572. The summed E-state index contributed by atoms with van der Waals surface area (Å²) >= 11 is 0. The zero-order chi connectivity index (χ0) is 14.3. The minimum absolute atomic E-state index is 0.0572. The Hall–Kier alpha value is -1.71. The van der Waals surface area contributed by atoms with Crippen molar-refractivity contribution in [3.63, 3.8) is 0 Å². The van der Waals surface area contributed by atoms with Crippen LogP contribution in [0.2, 0.25) is 0 Å². The van der Waals surface area contributed by atoms with Crippen molar-refractivity contribution in [1.29, 1.82) is 0 Å². The molecule has 0 amide bonds. The van der Waals surface area contributed by atoms with Gasteiger partial charge in [-0.2, -0.15) is 0 Å². The number of guanidine groups is 1. The second-order valence-corrected chi connectivity index (χ2v) is 6.17. The Balaban J connectivity index is 1.77. The molecule has 3 rings (SSSR count). The van der Waals surface area contributed by atoms with Gasteiger partial charge in [0.15, 0.2) is 5.96 Å². The van der Waals surface area contributed by atoms with Crippen LogP contribution in [0.5, 0.6) is 5.75 Å². The molecule has 1 aromatic rings. The molecule has 2 atom stereocenters. The van der Waals surface area contributed by atoms with E-state index in [0.29, 0.717) is 12.0 Å². The maximum absolute atomic E-state index is 6.11. The SMILES string of the molecule is COc1ccccc1C1(C)CC1N=C(N)N(C)C1CC1. The summed E-state index contributed by atoms with van der Waals surface area (Å²) in [5.41, 5.74) is 7.41. The van der Waals surface area contributed by atoms with Crippen LogP contribution in [0.4, 0.5) is 0 Å². The maximum Gasteiger partial charge on any atom is 0.191 e. The molecule has 0 saturated heterocycles. The summed E-state index contributed by atoms with van der Waals surface area (Å²) < 4.78 is 5.47. The number of methoxy groups -OCH3 is 1. The molecule has 2 N–H and O–H groups in total. The van der Waals surface area contributed by atoms with Gasteiger partial charge >= 0.3 is 0 Å². The Morgan fingerprint density at radius 1 is 1.40 bits per heavy atom. The molecule has 0 bridgehead atoms. The smallest absolute Gasteiger partial charge is 0.191 e. The van der Waals surface area contributed by atoms with Crippen LogP contribution >= 0.6 is 0 Å². The van der Waals surface area contributed by atoms with E-state index in [0.717, 1.165) is 12.2 Å². The number of aliphatic imine (C=N–C) groups is 1. The van der Waals surface area contributed by atoms with Gasteiger partial charge in [-0.1, -0.05) is 25.1 Å². The van der Waals surface area contributed by atoms with Gasteiger partial charge in [0.05, 0.1) is 13.2 Å². The lowest BCUT2D eigenvalue weighted by Gasteiger charge is -2.18. The van der Waals surface area contributed by atoms with E-state index in [1.54, 1.807) is 7.11 Å². The summed E-state index contributed by atoms with van der Waals surface area (Å²) in [6, 6.07) is 9.08. The third-order valence-corrected chi connectivity index (χ3v) is 4.66. The summed E-state index contributed by atoms with van der Waals surface area (Å²) in [7, 11) is 3.76. The van der Waals surface area contributed by atoms with Gasteiger partial charge in [-0.3, -0.25) is 0 Å². The molecule has 20 heavy (non-hydrogen) atoms. The largest absolute Gasteiger partial charge is 0.496 e. The number of hydrogen-bond donors (Lipinski definition) is 1. The van der Waals surface area contributed by atoms with Gasteiger partial charge in [0, 0.05) is 24.1 Å². The van der Waals surface area contributed by atoms with E-state index in [2.05, 4.69) is 24.0 Å². The predicted molar refractivity (Wildman–Crippen MR) is 81.2 cm³/mol. The molecule has 4 heteroatoms. The lowest BCUT2D eigenvalue weighted by Crippen LogP contribution is -2.36. The molecular weight excluding hydrogens is 250 g/mol. The van der Waals surface area contributed by atoms with Gasteiger partial charge in [0.1, 0.15) is 5.75 Å². The Morgan fingerprint density at radius 3 is 2.75 bits per heavy atom. The highest BCUT2D eigenvalue weighted by Crippen LogP contribution is 2.53. The average Bonchev–Trinajstić information content (AvgIpc) is 3.36. The van der Waals surface area contributed by atoms with E-state index >= 15 is 0 Å². The van der Waals surface area contributed by atoms with Gasteiger partial charge in [0.25, 0.3) is 0 Å². The van der Waals surface area contributed by atoms with Crippen LogP contribution in [-0.4, -0.2) is 37.1 Å². The molecule has 0 radical (unpaired) electrons. The fraction of sp³-hybridized carbons (Fsp3) is 0.562. The molecule has 4 nitrogen and oxygen atoms in total. The van der Waals surface area contributed by atoms with Crippen molar-refractivity contribution in [1.82, 2.24) is 4.90 Å². The maximum atomic E-state index is 6.11. The molecule has 2 unspecified atom stereocenters. The van der Waals surface area contributed by atoms with E-state index in [1.165, 1.54) is 18.4 Å². The van der Waals surface area contributed by atoms with Gasteiger partial charge in [-0.15, -0.1) is 0 Å². The molecule has 0 heterocycles. The first-order valence-electron chi connectivity index (χ1n) is 7.26. The Morgan fingerprint density at radius 2 is 2.10 bits per heavy atom. The number of rotatable bonds is 4. The van der Waals surface area contributed by atoms with Crippen molar-refractivity contribution in [3.8, 4) is 5.75 Å². The topological polar surface area (TPSA) is 50.9 Å². The predicted octanol–water partition coefficient (Wildman–Crippen LogP) is 2.13. The van der Waals surface area contributed by atoms with Crippen LogP contribution in [0.3, 0.4) is 0 Å². The van der Waals surface area contributed by atoms with E-state index in [9.17, 15) is 0 Å². The molecule has 0 aromatic heterocycles. The monoisotopic (exact) mass is 273 g/mol. The fourth-order valence-corrected chi connectivity index (χ4v) is 2.84. The van der Waals surface area contributed by atoms with Crippen LogP contribution in [0, 0.1) is 0 Å². The first-order valence-corrected chi connectivity index (χ1v) is 7.26. The quantitative estimate of drug-likeness (QED) is 0.675. The van der Waals surface area contributed by atoms with Crippen LogP contribution in [0.1, 0.15) is 31.7 Å². The molecular formula is C16H23N3O. The summed E-state index contributed by atoms with van der Waals surface area (Å²) in [6.07, 6.45) is 3.51. The number of para-hydroxylation sites is 1. The molecule has 2 aliphatic rings. The first-order chi connectivity index (χ1) is 9.56. The third-order valence-electron chi connectivity index (χ3n) is 4.66. The van der Waals surface area contributed by atoms with Crippen LogP contribution < -0.4 is 10.5 Å². The molecule has 0 aliphatic heterocycles. The van der Waals surface area contributed by atoms with Crippen molar-refractivity contribution in [2.45, 2.75) is 43.7 Å². The van der Waals surface area contributed by atoms with E-state index in [4.69, 9.17) is 15.5 Å². The van der Waals surface area contributed by atoms with Crippen LogP contribution in [-0.2, 0) is 5.41 Å². The zero-order valence-corrected chi connectivity index (χ0v) is 12.5. The lowest BCUT2D eigenvalue weighted by molar-refractivity contribution is 0.404. The normalized spacial score (nSPS) is 29.1. The molecule has 2 saturated carbocycles. The average molecular weight is 273 g/mol. The summed E-state index contributed by atoms with van der Waals surface area (Å²) in [4.78, 5) is 6.83. The number of hydrogen-bond acceptors (Lipinski definition) is 2. The Labute approximate surface area is 120 Å². The van der Waals surface area contributed by atoms with Gasteiger partial charge in [-0.25, -0.2) is 4.99 Å².